The molecule has 5 nitrogen and oxygen atoms in total. The second-order valence-electron chi connectivity index (χ2n) is 12.5. The minimum Gasteiger partial charge on any atom is -0.509 e. The Morgan fingerprint density at radius 1 is 0.688 bits per heavy atom. The Bertz CT molecular complexity index is 2300. The van der Waals surface area contributed by atoms with Crippen LogP contribution in [-0.2, 0) is 33.9 Å². The van der Waals surface area contributed by atoms with Crippen molar-refractivity contribution in [2.24, 2.45) is 0 Å². The quantitative estimate of drug-likeness (QED) is 0.151. The molecule has 0 atom stereocenters. The number of benzene rings is 4. The molecule has 3 heterocycles. The number of fused-ring (bicyclic) bond motifs is 3. The first-order valence-electron chi connectivity index (χ1n) is 16.5. The number of ether oxygens (including phenoxy) is 1. The smallest absolute Gasteiger partial charge is 0.509 e. The zero-order chi connectivity index (χ0) is 33.0. The van der Waals surface area contributed by atoms with Gasteiger partial charge >= 0.3 is 21.1 Å². The Hall–Kier alpha value is -4.47. The summed E-state index contributed by atoms with van der Waals surface area (Å²) in [5.41, 5.74) is 15.6. The first-order valence-corrected chi connectivity index (χ1v) is 16.5. The predicted octanol–water partition coefficient (Wildman–Crippen LogP) is 10.4. The van der Waals surface area contributed by atoms with Crippen LogP contribution in [0.4, 0.5) is 0 Å². The molecule has 0 saturated heterocycles. The van der Waals surface area contributed by atoms with E-state index in [1.54, 1.807) is 0 Å². The van der Waals surface area contributed by atoms with Gasteiger partial charge < -0.3 is 9.30 Å². The van der Waals surface area contributed by atoms with Gasteiger partial charge in [-0.15, -0.1) is 35.7 Å². The molecule has 0 radical (unpaired) electrons. The van der Waals surface area contributed by atoms with Crippen molar-refractivity contribution in [2.75, 3.05) is 0 Å². The molecule has 0 bridgehead atoms. The van der Waals surface area contributed by atoms with Crippen molar-refractivity contribution in [3.05, 3.63) is 130 Å². The summed E-state index contributed by atoms with van der Waals surface area (Å²) in [6, 6.07) is 29.7. The second kappa shape index (κ2) is 13.2. The Labute approximate surface area is 297 Å². The van der Waals surface area contributed by atoms with Crippen LogP contribution in [0.2, 0.25) is 0 Å². The minimum atomic E-state index is 0. The van der Waals surface area contributed by atoms with E-state index in [1.165, 1.54) is 44.6 Å². The molecule has 7 rings (SSSR count). The van der Waals surface area contributed by atoms with Gasteiger partial charge in [-0.05, 0) is 123 Å². The summed E-state index contributed by atoms with van der Waals surface area (Å²) in [5, 5.41) is 7.44. The monoisotopic (exact) mass is 811 g/mol. The number of rotatable bonds is 7. The van der Waals surface area contributed by atoms with Crippen molar-refractivity contribution in [2.45, 2.75) is 68.2 Å². The van der Waals surface area contributed by atoms with Crippen molar-refractivity contribution >= 4 is 21.8 Å². The van der Waals surface area contributed by atoms with Crippen LogP contribution in [0.5, 0.6) is 11.5 Å². The molecule has 3 aromatic heterocycles. The summed E-state index contributed by atoms with van der Waals surface area (Å²) in [4.78, 5) is 4.71. The molecule has 0 fully saturated rings. The Balaban J connectivity index is 0.00000401. The maximum Gasteiger partial charge on any atom is 2.00 e. The number of pyridine rings is 1. The molecule has 0 aliphatic rings. The summed E-state index contributed by atoms with van der Waals surface area (Å²) in [5.74, 6) is 2.09. The fourth-order valence-corrected chi connectivity index (χ4v) is 6.99. The van der Waals surface area contributed by atoms with E-state index in [1.807, 2.05) is 30.5 Å². The number of nitrogens with zero attached hydrogens (tertiary/aromatic N) is 4. The standard InChI is InChI=1S/C42H40N4O.Pt/c1-9-36-42(41-29(7)27(5)26(4)28(6)30(41)8)37(10-2)46(44-36)31-14-13-15-32(23-31)47-33-18-19-35-34-16-11-12-17-38(34)45(39(35)24-33)40-22-25(3)20-21-43-40;/h11-22H,9-10H2,1-8H3;/q-2;+2. The fourth-order valence-electron chi connectivity index (χ4n) is 6.99. The van der Waals surface area contributed by atoms with Gasteiger partial charge in [-0.1, -0.05) is 37.6 Å². The van der Waals surface area contributed by atoms with E-state index in [9.17, 15) is 0 Å². The van der Waals surface area contributed by atoms with Gasteiger partial charge in [0.25, 0.3) is 0 Å². The fraction of sp³-hybridized carbons (Fsp3) is 0.238. The van der Waals surface area contributed by atoms with Gasteiger partial charge in [0.15, 0.2) is 0 Å². The molecule has 4 aromatic carbocycles. The first-order chi connectivity index (χ1) is 22.7. The summed E-state index contributed by atoms with van der Waals surface area (Å²) in [6.07, 6.45) is 3.54. The van der Waals surface area contributed by atoms with E-state index in [2.05, 4.69) is 119 Å². The van der Waals surface area contributed by atoms with E-state index in [4.69, 9.17) is 14.8 Å². The topological polar surface area (TPSA) is 44.9 Å². The van der Waals surface area contributed by atoms with Gasteiger partial charge in [0.1, 0.15) is 5.82 Å². The second-order valence-corrected chi connectivity index (χ2v) is 12.5. The third kappa shape index (κ3) is 5.48. The maximum atomic E-state index is 6.48. The van der Waals surface area contributed by atoms with Crippen molar-refractivity contribution in [3.8, 4) is 34.1 Å². The molecular weight excluding hydrogens is 772 g/mol. The van der Waals surface area contributed by atoms with Gasteiger partial charge in [-0.2, -0.15) is 17.2 Å². The van der Waals surface area contributed by atoms with E-state index in [0.29, 0.717) is 11.5 Å². The minimum absolute atomic E-state index is 0. The normalized spacial score (nSPS) is 11.3. The molecule has 7 aromatic rings. The number of para-hydroxylation sites is 1. The van der Waals surface area contributed by atoms with Crippen LogP contribution in [0, 0.1) is 53.7 Å². The van der Waals surface area contributed by atoms with E-state index >= 15 is 0 Å². The number of hydrogen-bond donors (Lipinski definition) is 0. The van der Waals surface area contributed by atoms with Gasteiger partial charge in [0.2, 0.25) is 0 Å². The van der Waals surface area contributed by atoms with Crippen LogP contribution in [0.3, 0.4) is 0 Å². The molecule has 0 saturated carbocycles. The van der Waals surface area contributed by atoms with Crippen LogP contribution in [-0.4, -0.2) is 19.3 Å². The van der Waals surface area contributed by atoms with Crippen LogP contribution < -0.4 is 4.74 Å². The Kier molecular flexibility index (Phi) is 9.20. The van der Waals surface area contributed by atoms with Gasteiger partial charge in [-0.25, -0.2) is 4.98 Å². The zero-order valence-electron chi connectivity index (χ0n) is 28.9. The van der Waals surface area contributed by atoms with Crippen molar-refractivity contribution in [1.29, 1.82) is 0 Å². The van der Waals surface area contributed by atoms with Crippen LogP contribution in [0.1, 0.15) is 58.6 Å². The molecule has 244 valence electrons. The predicted molar refractivity (Wildman–Crippen MR) is 192 cm³/mol. The first kappa shape index (κ1) is 33.4. The molecule has 0 spiro atoms. The summed E-state index contributed by atoms with van der Waals surface area (Å²) in [6.45, 7) is 17.7. The number of aryl methyl sites for hydroxylation is 2. The van der Waals surface area contributed by atoms with E-state index < -0.39 is 0 Å². The summed E-state index contributed by atoms with van der Waals surface area (Å²) in [7, 11) is 0. The van der Waals surface area contributed by atoms with Crippen LogP contribution in [0.15, 0.2) is 72.9 Å². The molecule has 0 aliphatic heterocycles. The number of hydrogen-bond acceptors (Lipinski definition) is 3. The third-order valence-corrected chi connectivity index (χ3v) is 9.86. The van der Waals surface area contributed by atoms with Crippen LogP contribution in [0.25, 0.3) is 44.4 Å². The van der Waals surface area contributed by atoms with Gasteiger partial charge in [0.05, 0.1) is 5.69 Å². The van der Waals surface area contributed by atoms with E-state index in [-0.39, 0.29) is 21.1 Å². The van der Waals surface area contributed by atoms with Crippen molar-refractivity contribution in [1.82, 2.24) is 19.3 Å². The SMILES string of the molecule is CCc1nn(-c2[c-]c(Oc3[c-]c4c(cc3)c3ccccc3n4-c3cc(C)ccn3)ccc2)c(CC)c1-c1c(C)c(C)c(C)c(C)c1C.[Pt+2]. The van der Waals surface area contributed by atoms with Gasteiger partial charge in [0, 0.05) is 34.5 Å². The number of aromatic nitrogens is 4. The Morgan fingerprint density at radius 2 is 1.40 bits per heavy atom. The zero-order valence-corrected chi connectivity index (χ0v) is 31.1. The van der Waals surface area contributed by atoms with Gasteiger partial charge in [-0.3, -0.25) is 4.68 Å². The molecule has 0 aliphatic carbocycles. The third-order valence-electron chi connectivity index (χ3n) is 9.86. The largest absolute Gasteiger partial charge is 2.00 e. The Morgan fingerprint density at radius 3 is 2.10 bits per heavy atom. The molecule has 0 unspecified atom stereocenters. The van der Waals surface area contributed by atoms with Crippen molar-refractivity contribution in [3.63, 3.8) is 0 Å². The molecule has 0 amide bonds. The maximum absolute atomic E-state index is 6.48. The molecule has 48 heavy (non-hydrogen) atoms. The average molecular weight is 812 g/mol. The molecule has 6 heteroatoms. The summed E-state index contributed by atoms with van der Waals surface area (Å²) >= 11 is 0. The average Bonchev–Trinajstić information content (AvgIpc) is 3.62. The van der Waals surface area contributed by atoms with E-state index in [0.717, 1.165) is 57.4 Å². The molecular formula is C42H40N4OPt. The van der Waals surface area contributed by atoms with Crippen molar-refractivity contribution < 1.29 is 25.8 Å². The van der Waals surface area contributed by atoms with Crippen LogP contribution >= 0.6 is 0 Å². The summed E-state index contributed by atoms with van der Waals surface area (Å²) < 4.78 is 10.7. The molecule has 0 N–H and O–H groups in total.